The molecule has 0 radical (unpaired) electrons. The summed E-state index contributed by atoms with van der Waals surface area (Å²) in [6.45, 7) is 0.347. The lowest BCUT2D eigenvalue weighted by atomic mass is 10.2. The van der Waals surface area contributed by atoms with Gasteiger partial charge in [-0.05, 0) is 11.6 Å². The molecule has 0 aliphatic rings. The molecule has 0 amide bonds. The van der Waals surface area contributed by atoms with E-state index in [0.717, 1.165) is 5.56 Å². The molecule has 0 spiro atoms. The smallest absolute Gasteiger partial charge is 0.270 e. The van der Waals surface area contributed by atoms with Crippen molar-refractivity contribution in [1.29, 1.82) is 0 Å². The fourth-order valence-electron chi connectivity index (χ4n) is 2.26. The van der Waals surface area contributed by atoms with E-state index in [9.17, 15) is 14.9 Å². The van der Waals surface area contributed by atoms with Crippen LogP contribution in [0.4, 0.5) is 5.69 Å². The van der Waals surface area contributed by atoms with Gasteiger partial charge in [-0.3, -0.25) is 19.5 Å². The summed E-state index contributed by atoms with van der Waals surface area (Å²) in [6.07, 6.45) is 5.21. The topological polar surface area (TPSA) is 78.0 Å². The molecule has 1 aromatic heterocycles. The van der Waals surface area contributed by atoms with Crippen LogP contribution in [0.1, 0.15) is 5.56 Å². The van der Waals surface area contributed by atoms with Gasteiger partial charge in [-0.2, -0.15) is 0 Å². The molecule has 0 atom stereocenters. The summed E-state index contributed by atoms with van der Waals surface area (Å²) >= 11 is 0. The fraction of sp³-hybridized carbons (Fsp3) is 0.0588. The van der Waals surface area contributed by atoms with E-state index < -0.39 is 4.92 Å². The number of fused-ring (bicyclic) bond motifs is 1. The number of non-ortho nitro benzene ring substituents is 1. The first-order valence-corrected chi connectivity index (χ1v) is 7.00. The zero-order valence-corrected chi connectivity index (χ0v) is 12.1. The average molecular weight is 307 g/mol. The summed E-state index contributed by atoms with van der Waals surface area (Å²) in [6, 6.07) is 13.8. The SMILES string of the molecule is O=c1c2cc([N+](=O)[O-])ccc2ncn1CC=Cc1ccccc1. The fourth-order valence-corrected chi connectivity index (χ4v) is 2.26. The van der Waals surface area contributed by atoms with E-state index in [0.29, 0.717) is 12.1 Å². The molecule has 0 aliphatic carbocycles. The van der Waals surface area contributed by atoms with Crippen molar-refractivity contribution < 1.29 is 4.92 Å². The van der Waals surface area contributed by atoms with Crippen LogP contribution in [-0.2, 0) is 6.54 Å². The maximum atomic E-state index is 12.4. The molecule has 0 saturated carbocycles. The van der Waals surface area contributed by atoms with Crippen molar-refractivity contribution in [2.75, 3.05) is 0 Å². The molecule has 0 saturated heterocycles. The minimum absolute atomic E-state index is 0.117. The van der Waals surface area contributed by atoms with Gasteiger partial charge >= 0.3 is 0 Å². The standard InChI is InChI=1S/C17H13N3O3/c21-17-15-11-14(20(22)23)8-9-16(15)18-12-19(17)10-4-7-13-5-2-1-3-6-13/h1-9,11-12H,10H2. The highest BCUT2D eigenvalue weighted by molar-refractivity contribution is 5.79. The van der Waals surface area contributed by atoms with E-state index in [1.807, 2.05) is 42.5 Å². The second-order valence-corrected chi connectivity index (χ2v) is 4.97. The molecule has 3 aromatic rings. The number of hydrogen-bond donors (Lipinski definition) is 0. The Hall–Kier alpha value is -3.28. The molecule has 2 aromatic carbocycles. The largest absolute Gasteiger partial charge is 0.295 e. The molecule has 114 valence electrons. The number of aromatic nitrogens is 2. The summed E-state index contributed by atoms with van der Waals surface area (Å²) in [4.78, 5) is 26.9. The van der Waals surface area contributed by atoms with E-state index in [4.69, 9.17) is 0 Å². The van der Waals surface area contributed by atoms with Crippen molar-refractivity contribution in [2.45, 2.75) is 6.54 Å². The Morgan fingerprint density at radius 1 is 1.17 bits per heavy atom. The van der Waals surface area contributed by atoms with Gasteiger partial charge in [-0.1, -0.05) is 42.5 Å². The van der Waals surface area contributed by atoms with Crippen molar-refractivity contribution in [3.8, 4) is 0 Å². The number of hydrogen-bond acceptors (Lipinski definition) is 4. The van der Waals surface area contributed by atoms with Crippen LogP contribution in [0.5, 0.6) is 0 Å². The van der Waals surface area contributed by atoms with Crippen LogP contribution in [-0.4, -0.2) is 14.5 Å². The second-order valence-electron chi connectivity index (χ2n) is 4.97. The zero-order chi connectivity index (χ0) is 16.2. The third-order valence-corrected chi connectivity index (χ3v) is 3.43. The third-order valence-electron chi connectivity index (χ3n) is 3.43. The Kier molecular flexibility index (Phi) is 3.97. The van der Waals surface area contributed by atoms with E-state index in [-0.39, 0.29) is 16.6 Å². The Morgan fingerprint density at radius 2 is 1.96 bits per heavy atom. The molecule has 6 heteroatoms. The molecule has 3 rings (SSSR count). The van der Waals surface area contributed by atoms with Gasteiger partial charge in [0.1, 0.15) is 0 Å². The quantitative estimate of drug-likeness (QED) is 0.548. The van der Waals surface area contributed by atoms with Crippen LogP contribution in [0.15, 0.2) is 65.7 Å². The third kappa shape index (κ3) is 3.16. The van der Waals surface area contributed by atoms with Crippen LogP contribution in [0, 0.1) is 10.1 Å². The molecule has 6 nitrogen and oxygen atoms in total. The van der Waals surface area contributed by atoms with E-state index in [1.165, 1.54) is 29.1 Å². The minimum atomic E-state index is -0.522. The highest BCUT2D eigenvalue weighted by Gasteiger charge is 2.10. The molecule has 0 aliphatic heterocycles. The minimum Gasteiger partial charge on any atom is -0.295 e. The van der Waals surface area contributed by atoms with E-state index in [2.05, 4.69) is 4.98 Å². The van der Waals surface area contributed by atoms with Crippen molar-refractivity contribution in [3.63, 3.8) is 0 Å². The first-order chi connectivity index (χ1) is 11.1. The monoisotopic (exact) mass is 307 g/mol. The summed E-state index contributed by atoms with van der Waals surface area (Å²) in [5.41, 5.74) is 1.07. The van der Waals surface area contributed by atoms with Crippen LogP contribution >= 0.6 is 0 Å². The summed E-state index contributed by atoms with van der Waals surface area (Å²) < 4.78 is 1.42. The zero-order valence-electron chi connectivity index (χ0n) is 12.1. The molecular formula is C17H13N3O3. The van der Waals surface area contributed by atoms with Gasteiger partial charge in [-0.25, -0.2) is 4.98 Å². The molecule has 0 fully saturated rings. The Morgan fingerprint density at radius 3 is 2.70 bits per heavy atom. The molecule has 0 unspecified atom stereocenters. The van der Waals surface area contributed by atoms with Crippen molar-refractivity contribution in [3.05, 3.63) is 87.0 Å². The van der Waals surface area contributed by atoms with Gasteiger partial charge in [0.2, 0.25) is 0 Å². The van der Waals surface area contributed by atoms with Gasteiger partial charge in [0.15, 0.2) is 0 Å². The van der Waals surface area contributed by atoms with Gasteiger partial charge in [0.25, 0.3) is 11.2 Å². The lowest BCUT2D eigenvalue weighted by Gasteiger charge is -2.03. The van der Waals surface area contributed by atoms with Crippen molar-refractivity contribution in [2.24, 2.45) is 0 Å². The molecular weight excluding hydrogens is 294 g/mol. The molecule has 23 heavy (non-hydrogen) atoms. The van der Waals surface area contributed by atoms with Crippen LogP contribution in [0.3, 0.4) is 0 Å². The van der Waals surface area contributed by atoms with Crippen molar-refractivity contribution in [1.82, 2.24) is 9.55 Å². The van der Waals surface area contributed by atoms with Crippen molar-refractivity contribution >= 4 is 22.7 Å². The van der Waals surface area contributed by atoms with Crippen LogP contribution in [0.25, 0.3) is 17.0 Å². The first kappa shape index (κ1) is 14.6. The predicted molar refractivity (Wildman–Crippen MR) is 88.1 cm³/mol. The number of nitro groups is 1. The molecule has 1 heterocycles. The van der Waals surface area contributed by atoms with E-state index >= 15 is 0 Å². The Bertz CT molecular complexity index is 946. The molecule has 0 bridgehead atoms. The number of nitrogens with zero attached hydrogens (tertiary/aromatic N) is 3. The summed E-state index contributed by atoms with van der Waals surface area (Å²) in [5.74, 6) is 0. The lowest BCUT2D eigenvalue weighted by molar-refractivity contribution is -0.384. The van der Waals surface area contributed by atoms with Gasteiger partial charge in [0, 0.05) is 18.7 Å². The lowest BCUT2D eigenvalue weighted by Crippen LogP contribution is -2.19. The Balaban J connectivity index is 1.92. The van der Waals surface area contributed by atoms with Crippen LogP contribution < -0.4 is 5.56 Å². The summed E-state index contributed by atoms with van der Waals surface area (Å²) in [7, 11) is 0. The highest BCUT2D eigenvalue weighted by Crippen LogP contribution is 2.16. The highest BCUT2D eigenvalue weighted by atomic mass is 16.6. The maximum absolute atomic E-state index is 12.4. The predicted octanol–water partition coefficient (Wildman–Crippen LogP) is 3.02. The number of allylic oxidation sites excluding steroid dienone is 1. The number of nitro benzene ring substituents is 1. The van der Waals surface area contributed by atoms with Crippen LogP contribution in [0.2, 0.25) is 0 Å². The maximum Gasteiger partial charge on any atom is 0.270 e. The van der Waals surface area contributed by atoms with Gasteiger partial charge in [-0.15, -0.1) is 0 Å². The normalized spacial score (nSPS) is 11.1. The average Bonchev–Trinajstić information content (AvgIpc) is 2.57. The number of rotatable bonds is 4. The summed E-state index contributed by atoms with van der Waals surface area (Å²) in [5, 5.41) is 11.1. The Labute approximate surface area is 131 Å². The van der Waals surface area contributed by atoms with E-state index in [1.54, 1.807) is 0 Å². The number of benzene rings is 2. The second kappa shape index (κ2) is 6.23. The van der Waals surface area contributed by atoms with Gasteiger partial charge < -0.3 is 0 Å². The van der Waals surface area contributed by atoms with Gasteiger partial charge in [0.05, 0.1) is 22.2 Å². The first-order valence-electron chi connectivity index (χ1n) is 7.00. The molecule has 0 N–H and O–H groups in total.